The molecule has 137 valence electrons. The molecular weight excluding hydrogens is 345 g/mol. The zero-order chi connectivity index (χ0) is 18.2. The van der Waals surface area contributed by atoms with Crippen LogP contribution in [0.5, 0.6) is 0 Å². The predicted octanol–water partition coefficient (Wildman–Crippen LogP) is 3.97. The molecular formula is C18H24ClFN3O2. The third-order valence-corrected chi connectivity index (χ3v) is 4.70. The zero-order valence-electron chi connectivity index (χ0n) is 14.1. The van der Waals surface area contributed by atoms with Crippen LogP contribution in [0.3, 0.4) is 0 Å². The lowest BCUT2D eigenvalue weighted by atomic mass is 9.86. The van der Waals surface area contributed by atoms with Crippen molar-refractivity contribution in [3.63, 3.8) is 0 Å². The van der Waals surface area contributed by atoms with Crippen LogP contribution < -0.4 is 11.1 Å². The molecule has 0 atom stereocenters. The van der Waals surface area contributed by atoms with Gasteiger partial charge >= 0.3 is 6.03 Å². The van der Waals surface area contributed by atoms with Crippen molar-refractivity contribution in [2.45, 2.75) is 38.5 Å². The summed E-state index contributed by atoms with van der Waals surface area (Å²) in [5.74, 6) is -0.345. The first-order valence-corrected chi connectivity index (χ1v) is 8.98. The van der Waals surface area contributed by atoms with Gasteiger partial charge in [0.05, 0.1) is 12.1 Å². The first-order chi connectivity index (χ1) is 12.0. The zero-order valence-corrected chi connectivity index (χ0v) is 14.9. The van der Waals surface area contributed by atoms with Crippen molar-refractivity contribution in [2.75, 3.05) is 18.4 Å². The minimum Gasteiger partial charge on any atom is -0.381 e. The van der Waals surface area contributed by atoms with E-state index in [4.69, 9.17) is 17.3 Å². The number of rotatable bonds is 7. The Hall–Kier alpha value is -1.82. The molecule has 1 fully saturated rings. The second-order valence-corrected chi connectivity index (χ2v) is 6.76. The first-order valence-electron chi connectivity index (χ1n) is 8.60. The fourth-order valence-corrected chi connectivity index (χ4v) is 3.24. The van der Waals surface area contributed by atoms with Gasteiger partial charge in [-0.05, 0) is 30.5 Å². The molecule has 0 spiro atoms. The number of primary amides is 1. The number of urea groups is 1. The molecule has 1 aromatic rings. The monoisotopic (exact) mass is 368 g/mol. The molecule has 2 rings (SSSR count). The highest BCUT2D eigenvalue weighted by molar-refractivity contribution is 6.30. The average Bonchev–Trinajstić information content (AvgIpc) is 2.60. The van der Waals surface area contributed by atoms with Crippen LogP contribution in [0, 0.1) is 18.2 Å². The maximum absolute atomic E-state index is 13.6. The van der Waals surface area contributed by atoms with E-state index in [2.05, 4.69) is 5.32 Å². The number of carbonyl (C=O) groups excluding carboxylic acids is 2. The van der Waals surface area contributed by atoms with Crippen molar-refractivity contribution in [1.29, 1.82) is 0 Å². The predicted molar refractivity (Wildman–Crippen MR) is 96.7 cm³/mol. The van der Waals surface area contributed by atoms with Gasteiger partial charge in [0.1, 0.15) is 5.82 Å². The second kappa shape index (κ2) is 9.61. The largest absolute Gasteiger partial charge is 0.381 e. The highest BCUT2D eigenvalue weighted by Gasteiger charge is 2.21. The van der Waals surface area contributed by atoms with Crippen molar-refractivity contribution < 1.29 is 14.0 Å². The van der Waals surface area contributed by atoms with E-state index < -0.39 is 17.8 Å². The van der Waals surface area contributed by atoms with Gasteiger partial charge in [0.25, 0.3) is 0 Å². The number of carbonyl (C=O) groups is 2. The number of imide groups is 1. The third kappa shape index (κ3) is 6.20. The first kappa shape index (κ1) is 19.5. The molecule has 0 heterocycles. The van der Waals surface area contributed by atoms with Gasteiger partial charge in [0.2, 0.25) is 5.91 Å². The van der Waals surface area contributed by atoms with Crippen molar-refractivity contribution in [3.05, 3.63) is 35.5 Å². The number of amides is 3. The van der Waals surface area contributed by atoms with E-state index in [1.807, 2.05) is 0 Å². The number of nitrogens with zero attached hydrogens (tertiary/aromatic N) is 1. The van der Waals surface area contributed by atoms with Gasteiger partial charge < -0.3 is 11.1 Å². The Bertz CT molecular complexity index is 606. The molecule has 1 radical (unpaired) electrons. The Labute approximate surface area is 152 Å². The van der Waals surface area contributed by atoms with E-state index in [1.54, 1.807) is 6.42 Å². The van der Waals surface area contributed by atoms with E-state index in [0.717, 1.165) is 17.7 Å². The quantitative estimate of drug-likeness (QED) is 0.764. The fraction of sp³-hybridized carbons (Fsp3) is 0.500. The number of nitrogens with two attached hydrogens (primary N) is 1. The molecule has 1 aliphatic carbocycles. The minimum atomic E-state index is -0.807. The summed E-state index contributed by atoms with van der Waals surface area (Å²) < 4.78 is 13.6. The van der Waals surface area contributed by atoms with Crippen LogP contribution in [0.2, 0.25) is 5.02 Å². The molecule has 0 aliphatic heterocycles. The molecule has 0 saturated heterocycles. The van der Waals surface area contributed by atoms with Gasteiger partial charge in [-0.2, -0.15) is 0 Å². The van der Waals surface area contributed by atoms with E-state index in [9.17, 15) is 14.0 Å². The fourth-order valence-electron chi connectivity index (χ4n) is 3.06. The molecule has 3 N–H and O–H groups in total. The summed E-state index contributed by atoms with van der Waals surface area (Å²) in [4.78, 5) is 24.7. The average molecular weight is 369 g/mol. The normalized spacial score (nSPS) is 15.0. The van der Waals surface area contributed by atoms with Gasteiger partial charge in [-0.1, -0.05) is 43.7 Å². The standard InChI is InChI=1S/C18H24ClFN3O2/c19-14-7-8-15(20)16(12-14)22-10-11-23(18(21)25)17(24)9-6-13-4-2-1-3-5-13/h7-9,12-13,22H,1-6,10-11H2,(H2,21,25). The van der Waals surface area contributed by atoms with Crippen LogP contribution in [-0.4, -0.2) is 29.9 Å². The number of nitrogens with one attached hydrogen (secondary N) is 1. The summed E-state index contributed by atoms with van der Waals surface area (Å²) >= 11 is 5.82. The number of benzene rings is 1. The lowest BCUT2D eigenvalue weighted by molar-refractivity contribution is -0.124. The van der Waals surface area contributed by atoms with Crippen molar-refractivity contribution >= 4 is 29.2 Å². The lowest BCUT2D eigenvalue weighted by Gasteiger charge is -2.23. The molecule has 0 unspecified atom stereocenters. The third-order valence-electron chi connectivity index (χ3n) is 4.46. The molecule has 0 bridgehead atoms. The highest BCUT2D eigenvalue weighted by Crippen LogP contribution is 2.27. The molecule has 5 nitrogen and oxygen atoms in total. The SMILES string of the molecule is NC(=O)N(CCNc1cc(Cl)ccc1F)C(=O)[CH]CC1CCCCC1. The summed E-state index contributed by atoms with van der Waals surface area (Å²) in [6.45, 7) is 0.241. The van der Waals surface area contributed by atoms with Crippen molar-refractivity contribution in [1.82, 2.24) is 4.90 Å². The topological polar surface area (TPSA) is 75.4 Å². The van der Waals surface area contributed by atoms with Gasteiger partial charge in [0, 0.05) is 18.1 Å². The maximum atomic E-state index is 13.6. The van der Waals surface area contributed by atoms with Crippen LogP contribution >= 0.6 is 11.6 Å². The Kier molecular flexibility index (Phi) is 7.50. The molecule has 1 saturated carbocycles. The Balaban J connectivity index is 1.81. The van der Waals surface area contributed by atoms with Gasteiger partial charge in [-0.25, -0.2) is 9.18 Å². The van der Waals surface area contributed by atoms with E-state index in [0.29, 0.717) is 17.4 Å². The number of hydrogen-bond donors (Lipinski definition) is 2. The lowest BCUT2D eigenvalue weighted by Crippen LogP contribution is -2.43. The molecule has 25 heavy (non-hydrogen) atoms. The summed E-state index contributed by atoms with van der Waals surface area (Å²) in [6, 6.07) is 3.34. The van der Waals surface area contributed by atoms with E-state index in [-0.39, 0.29) is 18.8 Å². The minimum absolute atomic E-state index is 0.0568. The second-order valence-electron chi connectivity index (χ2n) is 6.32. The van der Waals surface area contributed by atoms with Gasteiger partial charge in [-0.3, -0.25) is 9.69 Å². The van der Waals surface area contributed by atoms with Gasteiger partial charge in [-0.15, -0.1) is 0 Å². The Morgan fingerprint density at radius 2 is 2.04 bits per heavy atom. The van der Waals surface area contributed by atoms with Crippen molar-refractivity contribution in [2.24, 2.45) is 11.7 Å². The summed E-state index contributed by atoms with van der Waals surface area (Å²) in [5.41, 5.74) is 5.52. The van der Waals surface area contributed by atoms with Crippen LogP contribution in [0.1, 0.15) is 38.5 Å². The summed E-state index contributed by atoms with van der Waals surface area (Å²) in [6.07, 6.45) is 8.10. The number of anilines is 1. The Morgan fingerprint density at radius 3 is 2.72 bits per heavy atom. The summed E-state index contributed by atoms with van der Waals surface area (Å²) in [7, 11) is 0. The molecule has 3 amide bonds. The molecule has 1 aromatic carbocycles. The van der Waals surface area contributed by atoms with Crippen LogP contribution in [0.4, 0.5) is 14.9 Å². The smallest absolute Gasteiger partial charge is 0.321 e. The van der Waals surface area contributed by atoms with Crippen LogP contribution in [-0.2, 0) is 4.79 Å². The molecule has 1 aliphatic rings. The Morgan fingerprint density at radius 1 is 1.32 bits per heavy atom. The maximum Gasteiger partial charge on any atom is 0.321 e. The summed E-state index contributed by atoms with van der Waals surface area (Å²) in [5, 5.41) is 3.22. The van der Waals surface area contributed by atoms with E-state index >= 15 is 0 Å². The van der Waals surface area contributed by atoms with E-state index in [1.165, 1.54) is 37.5 Å². The van der Waals surface area contributed by atoms with Crippen LogP contribution in [0.25, 0.3) is 0 Å². The van der Waals surface area contributed by atoms with Crippen LogP contribution in [0.15, 0.2) is 18.2 Å². The highest BCUT2D eigenvalue weighted by atomic mass is 35.5. The van der Waals surface area contributed by atoms with Crippen molar-refractivity contribution in [3.8, 4) is 0 Å². The van der Waals surface area contributed by atoms with Gasteiger partial charge in [0.15, 0.2) is 0 Å². The number of hydrogen-bond acceptors (Lipinski definition) is 3. The molecule has 0 aromatic heterocycles. The molecule has 7 heteroatoms. The number of halogens is 2.